The summed E-state index contributed by atoms with van der Waals surface area (Å²) in [6.45, 7) is 4.40. The molecule has 0 saturated heterocycles. The van der Waals surface area contributed by atoms with E-state index in [1.165, 1.54) is 5.56 Å². The minimum atomic E-state index is 0.100. The first-order chi connectivity index (χ1) is 10.6. The molecule has 1 aromatic carbocycles. The Morgan fingerprint density at radius 3 is 2.64 bits per heavy atom. The van der Waals surface area contributed by atoms with Crippen molar-refractivity contribution >= 4 is 17.5 Å². The highest BCUT2D eigenvalue weighted by Gasteiger charge is 2.18. The Morgan fingerprint density at radius 2 is 1.95 bits per heavy atom. The van der Waals surface area contributed by atoms with Crippen molar-refractivity contribution in [2.45, 2.75) is 25.3 Å². The lowest BCUT2D eigenvalue weighted by Crippen LogP contribution is -2.13. The number of carbonyl (C=O) groups is 1. The van der Waals surface area contributed by atoms with Crippen LogP contribution in [0.4, 0.5) is 0 Å². The first-order valence-corrected chi connectivity index (χ1v) is 8.42. The number of Topliss-reactive ketones (excluding diaryl/α,β-unsaturated/α-hetero) is 1. The maximum Gasteiger partial charge on any atom is 0.182 e. The lowest BCUT2D eigenvalue weighted by molar-refractivity contribution is 0.0972. The second-order valence-electron chi connectivity index (χ2n) is 5.36. The van der Waals surface area contributed by atoms with E-state index in [0.717, 1.165) is 27.5 Å². The Kier molecular flexibility index (Phi) is 4.03. The van der Waals surface area contributed by atoms with Crippen molar-refractivity contribution in [3.05, 3.63) is 59.4 Å². The molecule has 2 aliphatic heterocycles. The highest BCUT2D eigenvalue weighted by atomic mass is 32.2. The monoisotopic (exact) mass is 310 g/mol. The Bertz CT molecular complexity index is 793. The van der Waals surface area contributed by atoms with Crippen molar-refractivity contribution in [3.63, 3.8) is 0 Å². The molecule has 2 heterocycles. The molecule has 2 aliphatic rings. The van der Waals surface area contributed by atoms with Crippen molar-refractivity contribution in [1.29, 1.82) is 0 Å². The minimum Gasteiger partial charge on any atom is -0.324 e. The number of hydrogen-bond donors (Lipinski definition) is 0. The topological polar surface area (TPSA) is 34.9 Å². The molecule has 0 saturated carbocycles. The summed E-state index contributed by atoms with van der Waals surface area (Å²) in [5.41, 5.74) is 4.07. The molecular weight excluding hydrogens is 292 g/mol. The molecule has 0 aliphatic carbocycles. The van der Waals surface area contributed by atoms with Gasteiger partial charge in [0.2, 0.25) is 0 Å². The molecule has 0 amide bonds. The van der Waals surface area contributed by atoms with Gasteiger partial charge in [-0.1, -0.05) is 30.3 Å². The van der Waals surface area contributed by atoms with E-state index in [1.54, 1.807) is 11.8 Å². The predicted octanol–water partition coefficient (Wildman–Crippen LogP) is 4.21. The van der Waals surface area contributed by atoms with E-state index in [0.29, 0.717) is 6.54 Å². The number of rotatable bonds is 4. The molecule has 0 unspecified atom stereocenters. The van der Waals surface area contributed by atoms with Crippen LogP contribution < -0.4 is 0 Å². The van der Waals surface area contributed by atoms with Crippen LogP contribution in [-0.4, -0.2) is 21.6 Å². The number of pyridine rings is 1. The summed E-state index contributed by atoms with van der Waals surface area (Å²) in [7, 11) is 0. The molecule has 0 atom stereocenters. The Labute approximate surface area is 134 Å². The van der Waals surface area contributed by atoms with E-state index in [9.17, 15) is 4.79 Å². The summed E-state index contributed by atoms with van der Waals surface area (Å²) in [6, 6.07) is 11.6. The van der Waals surface area contributed by atoms with Crippen LogP contribution in [0.1, 0.15) is 21.6 Å². The quantitative estimate of drug-likeness (QED) is 0.535. The van der Waals surface area contributed by atoms with E-state index < -0.39 is 0 Å². The molecule has 3 nitrogen and oxygen atoms in total. The zero-order valence-electron chi connectivity index (χ0n) is 13.0. The third-order valence-electron chi connectivity index (χ3n) is 3.95. The summed E-state index contributed by atoms with van der Waals surface area (Å²) < 4.78 is 1.97. The molecule has 0 fully saturated rings. The molecule has 0 radical (unpaired) electrons. The average Bonchev–Trinajstić information content (AvgIpc) is 2.83. The summed E-state index contributed by atoms with van der Waals surface area (Å²) in [6.07, 6.45) is 4.06. The average molecular weight is 310 g/mol. The second-order valence-corrected chi connectivity index (χ2v) is 6.24. The SMILES string of the molecule is CSc1cc2c(C)c(C)nc-2n(CC(=O)c2ccccc2)c1. The van der Waals surface area contributed by atoms with Crippen LogP contribution in [0, 0.1) is 13.8 Å². The fraction of sp³-hybridized carbons (Fsp3) is 0.222. The number of carbonyl (C=O) groups excluding carboxylic acids is 1. The number of aromatic nitrogens is 2. The number of ketones is 1. The number of fused-ring (bicyclic) bond motifs is 1. The van der Waals surface area contributed by atoms with Gasteiger partial charge in [0.05, 0.1) is 6.54 Å². The van der Waals surface area contributed by atoms with Crippen molar-refractivity contribution in [2.24, 2.45) is 0 Å². The van der Waals surface area contributed by atoms with Crippen molar-refractivity contribution in [2.75, 3.05) is 6.26 Å². The smallest absolute Gasteiger partial charge is 0.182 e. The number of nitrogens with zero attached hydrogens (tertiary/aromatic N) is 2. The summed E-state index contributed by atoms with van der Waals surface area (Å²) in [5, 5.41) is 0. The fourth-order valence-corrected chi connectivity index (χ4v) is 3.02. The van der Waals surface area contributed by atoms with Gasteiger partial charge in [-0.2, -0.15) is 0 Å². The third kappa shape index (κ3) is 2.66. The van der Waals surface area contributed by atoms with Gasteiger partial charge in [0, 0.05) is 27.9 Å². The van der Waals surface area contributed by atoms with Gasteiger partial charge in [-0.3, -0.25) is 4.79 Å². The van der Waals surface area contributed by atoms with Gasteiger partial charge in [0.25, 0.3) is 0 Å². The van der Waals surface area contributed by atoms with Gasteiger partial charge in [-0.15, -0.1) is 11.8 Å². The standard InChI is InChI=1S/C18H18N2OS/c1-12-13(2)19-18-16(12)9-15(22-3)10-20(18)11-17(21)14-7-5-4-6-8-14/h4-10H,11H2,1-3H3. The van der Waals surface area contributed by atoms with Gasteiger partial charge in [0.1, 0.15) is 5.82 Å². The number of aryl methyl sites for hydroxylation is 1. The predicted molar refractivity (Wildman–Crippen MR) is 90.9 cm³/mol. The van der Waals surface area contributed by atoms with E-state index in [4.69, 9.17) is 0 Å². The van der Waals surface area contributed by atoms with Gasteiger partial charge in [0.15, 0.2) is 5.78 Å². The summed E-state index contributed by atoms with van der Waals surface area (Å²) >= 11 is 1.68. The van der Waals surface area contributed by atoms with Crippen LogP contribution in [0.5, 0.6) is 0 Å². The minimum absolute atomic E-state index is 0.100. The van der Waals surface area contributed by atoms with E-state index in [2.05, 4.69) is 18.0 Å². The zero-order valence-corrected chi connectivity index (χ0v) is 13.8. The van der Waals surface area contributed by atoms with E-state index in [1.807, 2.05) is 54.3 Å². The van der Waals surface area contributed by atoms with Crippen LogP contribution in [0.2, 0.25) is 0 Å². The summed E-state index contributed by atoms with van der Waals surface area (Å²) in [4.78, 5) is 18.3. The van der Waals surface area contributed by atoms with Gasteiger partial charge >= 0.3 is 0 Å². The van der Waals surface area contributed by atoms with Crippen LogP contribution >= 0.6 is 11.8 Å². The normalized spacial score (nSPS) is 11.0. The first kappa shape index (κ1) is 14.9. The first-order valence-electron chi connectivity index (χ1n) is 7.19. The maximum atomic E-state index is 12.5. The van der Waals surface area contributed by atoms with Crippen LogP contribution in [0.3, 0.4) is 0 Å². The molecule has 0 spiro atoms. The fourth-order valence-electron chi connectivity index (χ4n) is 2.55. The van der Waals surface area contributed by atoms with E-state index in [-0.39, 0.29) is 5.78 Å². The summed E-state index contributed by atoms with van der Waals surface area (Å²) in [5.74, 6) is 0.987. The van der Waals surface area contributed by atoms with Gasteiger partial charge in [-0.05, 0) is 31.7 Å². The highest BCUT2D eigenvalue weighted by Crippen LogP contribution is 2.31. The van der Waals surface area contributed by atoms with E-state index >= 15 is 0 Å². The molecule has 22 heavy (non-hydrogen) atoms. The molecular formula is C18H18N2OS. The molecule has 0 N–H and O–H groups in total. The van der Waals surface area contributed by atoms with Crippen molar-refractivity contribution < 1.29 is 4.79 Å². The van der Waals surface area contributed by atoms with Crippen molar-refractivity contribution in [3.8, 4) is 11.4 Å². The molecule has 0 aromatic heterocycles. The third-order valence-corrected chi connectivity index (χ3v) is 4.64. The molecule has 3 rings (SSSR count). The second kappa shape index (κ2) is 5.97. The Morgan fingerprint density at radius 1 is 1.23 bits per heavy atom. The highest BCUT2D eigenvalue weighted by molar-refractivity contribution is 7.98. The van der Waals surface area contributed by atoms with Crippen LogP contribution in [-0.2, 0) is 6.54 Å². The largest absolute Gasteiger partial charge is 0.324 e. The molecule has 0 bridgehead atoms. The van der Waals surface area contributed by atoms with Crippen LogP contribution in [0.15, 0.2) is 47.5 Å². The number of thioether (sulfide) groups is 1. The lowest BCUT2D eigenvalue weighted by Gasteiger charge is -2.13. The molecule has 112 valence electrons. The lowest BCUT2D eigenvalue weighted by atomic mass is 10.1. The molecule has 1 aromatic rings. The van der Waals surface area contributed by atoms with Gasteiger partial charge < -0.3 is 4.57 Å². The number of hydrogen-bond acceptors (Lipinski definition) is 3. The maximum absolute atomic E-state index is 12.5. The zero-order chi connectivity index (χ0) is 15.7. The van der Waals surface area contributed by atoms with Gasteiger partial charge in [-0.25, -0.2) is 4.98 Å². The molecule has 4 heteroatoms. The Hall–Kier alpha value is -2.07. The Balaban J connectivity index is 2.03. The van der Waals surface area contributed by atoms with Crippen molar-refractivity contribution in [1.82, 2.24) is 9.55 Å². The number of benzene rings is 1. The van der Waals surface area contributed by atoms with Crippen LogP contribution in [0.25, 0.3) is 11.4 Å².